The second kappa shape index (κ2) is 8.48. The molecule has 29 heavy (non-hydrogen) atoms. The van der Waals surface area contributed by atoms with E-state index in [1.165, 1.54) is 40.8 Å². The van der Waals surface area contributed by atoms with Gasteiger partial charge in [0.05, 0.1) is 0 Å². The van der Waals surface area contributed by atoms with E-state index in [2.05, 4.69) is 49.1 Å². The number of hydrogen-bond donors (Lipinski definition) is 0. The minimum atomic E-state index is -0.455. The van der Waals surface area contributed by atoms with Crippen LogP contribution in [0, 0.1) is 13.8 Å². The van der Waals surface area contributed by atoms with Gasteiger partial charge in [-0.15, -0.1) is 0 Å². The van der Waals surface area contributed by atoms with Crippen molar-refractivity contribution in [2.75, 3.05) is 31.1 Å². The lowest BCUT2D eigenvalue weighted by Crippen LogP contribution is -2.52. The zero-order valence-corrected chi connectivity index (χ0v) is 17.9. The Labute approximate surface area is 174 Å². The standard InChI is InChI=1S/C25H32N2O2/c1-18-7-6-10-24(19(18)2)26-13-15-27(16-14-26)25(28)20(3)29-23-12-11-21-8-4-5-9-22(21)17-23/h6-7,10-12,17,20H,4-5,8-9,13-16H2,1-3H3/t20-/m0/s1. The lowest BCUT2D eigenvalue weighted by Gasteiger charge is -2.38. The van der Waals surface area contributed by atoms with E-state index in [1.54, 1.807) is 0 Å². The van der Waals surface area contributed by atoms with E-state index in [-0.39, 0.29) is 5.91 Å². The first-order valence-electron chi connectivity index (χ1n) is 10.9. The van der Waals surface area contributed by atoms with Crippen LogP contribution in [0.2, 0.25) is 0 Å². The molecule has 2 aliphatic rings. The molecule has 0 aromatic heterocycles. The SMILES string of the molecule is Cc1cccc(N2CCN(C(=O)[C@H](C)Oc3ccc4c(c3)CCCC4)CC2)c1C. The summed E-state index contributed by atoms with van der Waals surface area (Å²) in [5.74, 6) is 0.906. The normalized spacial score (nSPS) is 17.6. The molecular formula is C25H32N2O2. The van der Waals surface area contributed by atoms with Crippen molar-refractivity contribution < 1.29 is 9.53 Å². The molecule has 154 valence electrons. The molecule has 0 N–H and O–H groups in total. The van der Waals surface area contributed by atoms with Crippen molar-refractivity contribution in [1.82, 2.24) is 4.90 Å². The summed E-state index contributed by atoms with van der Waals surface area (Å²) in [7, 11) is 0. The number of fused-ring (bicyclic) bond motifs is 1. The minimum absolute atomic E-state index is 0.0864. The third kappa shape index (κ3) is 4.26. The van der Waals surface area contributed by atoms with E-state index < -0.39 is 6.10 Å². The van der Waals surface area contributed by atoms with Crippen molar-refractivity contribution >= 4 is 11.6 Å². The Morgan fingerprint density at radius 2 is 1.69 bits per heavy atom. The van der Waals surface area contributed by atoms with Crippen LogP contribution in [0.15, 0.2) is 36.4 Å². The van der Waals surface area contributed by atoms with E-state index in [0.29, 0.717) is 0 Å². The third-order valence-corrected chi connectivity index (χ3v) is 6.49. The van der Waals surface area contributed by atoms with Gasteiger partial charge in [0.15, 0.2) is 6.10 Å². The van der Waals surface area contributed by atoms with Gasteiger partial charge < -0.3 is 14.5 Å². The van der Waals surface area contributed by atoms with E-state index in [9.17, 15) is 4.79 Å². The summed E-state index contributed by atoms with van der Waals surface area (Å²) in [5.41, 5.74) is 6.75. The summed E-state index contributed by atoms with van der Waals surface area (Å²) in [4.78, 5) is 17.3. The van der Waals surface area contributed by atoms with Gasteiger partial charge in [0.1, 0.15) is 5.75 Å². The van der Waals surface area contributed by atoms with Gasteiger partial charge in [0.2, 0.25) is 0 Å². The molecular weight excluding hydrogens is 360 g/mol. The number of rotatable bonds is 4. The molecule has 0 radical (unpaired) electrons. The predicted molar refractivity (Wildman–Crippen MR) is 118 cm³/mol. The quantitative estimate of drug-likeness (QED) is 0.778. The molecule has 1 aliphatic heterocycles. The van der Waals surface area contributed by atoms with E-state index >= 15 is 0 Å². The topological polar surface area (TPSA) is 32.8 Å². The molecule has 1 saturated heterocycles. The highest BCUT2D eigenvalue weighted by atomic mass is 16.5. The number of hydrogen-bond acceptors (Lipinski definition) is 3. The molecule has 0 unspecified atom stereocenters. The van der Waals surface area contributed by atoms with Crippen LogP contribution >= 0.6 is 0 Å². The van der Waals surface area contributed by atoms with Crippen molar-refractivity contribution in [3.05, 3.63) is 58.7 Å². The molecule has 0 bridgehead atoms. The molecule has 1 heterocycles. The van der Waals surface area contributed by atoms with Crippen LogP contribution in [0.5, 0.6) is 5.75 Å². The molecule has 0 saturated carbocycles. The summed E-state index contributed by atoms with van der Waals surface area (Å²) in [6.45, 7) is 9.41. The molecule has 1 aliphatic carbocycles. The van der Waals surface area contributed by atoms with E-state index in [0.717, 1.165) is 44.8 Å². The summed E-state index contributed by atoms with van der Waals surface area (Å²) in [6.07, 6.45) is 4.35. The van der Waals surface area contributed by atoms with Gasteiger partial charge in [-0.25, -0.2) is 0 Å². The number of benzene rings is 2. The Balaban J connectivity index is 1.35. The van der Waals surface area contributed by atoms with Crippen LogP contribution < -0.4 is 9.64 Å². The molecule has 4 heteroatoms. The Hall–Kier alpha value is -2.49. The van der Waals surface area contributed by atoms with Crippen molar-refractivity contribution in [3.63, 3.8) is 0 Å². The Bertz CT molecular complexity index is 884. The average molecular weight is 393 g/mol. The van der Waals surface area contributed by atoms with Gasteiger partial charge in [-0.1, -0.05) is 18.2 Å². The second-order valence-corrected chi connectivity index (χ2v) is 8.43. The molecule has 1 atom stereocenters. The van der Waals surface area contributed by atoms with Gasteiger partial charge in [-0.2, -0.15) is 0 Å². The second-order valence-electron chi connectivity index (χ2n) is 8.43. The molecule has 0 spiro atoms. The number of carbonyl (C=O) groups excluding carboxylic acids is 1. The number of anilines is 1. The summed E-state index contributed by atoms with van der Waals surface area (Å²) < 4.78 is 6.04. The highest BCUT2D eigenvalue weighted by molar-refractivity contribution is 5.81. The molecule has 2 aromatic carbocycles. The van der Waals surface area contributed by atoms with Gasteiger partial charge in [-0.05, 0) is 86.9 Å². The number of carbonyl (C=O) groups is 1. The largest absolute Gasteiger partial charge is 0.481 e. The number of aryl methyl sites for hydroxylation is 3. The van der Waals surface area contributed by atoms with Crippen molar-refractivity contribution in [2.45, 2.75) is 52.6 Å². The van der Waals surface area contributed by atoms with Crippen LogP contribution in [0.4, 0.5) is 5.69 Å². The van der Waals surface area contributed by atoms with Crippen LogP contribution in [0.3, 0.4) is 0 Å². The maximum atomic E-state index is 12.9. The summed E-state index contributed by atoms with van der Waals surface area (Å²) >= 11 is 0. The third-order valence-electron chi connectivity index (χ3n) is 6.49. The van der Waals surface area contributed by atoms with E-state index in [1.807, 2.05) is 17.9 Å². The number of amides is 1. The first-order chi connectivity index (χ1) is 14.0. The predicted octanol–water partition coefficient (Wildman–Crippen LogP) is 4.30. The Morgan fingerprint density at radius 1 is 0.966 bits per heavy atom. The van der Waals surface area contributed by atoms with Gasteiger partial charge in [0.25, 0.3) is 5.91 Å². The fourth-order valence-corrected chi connectivity index (χ4v) is 4.54. The Morgan fingerprint density at radius 3 is 2.45 bits per heavy atom. The molecule has 1 amide bonds. The van der Waals surface area contributed by atoms with Crippen LogP contribution in [-0.2, 0) is 17.6 Å². The number of piperazine rings is 1. The first-order valence-corrected chi connectivity index (χ1v) is 10.9. The highest BCUT2D eigenvalue weighted by Crippen LogP contribution is 2.27. The van der Waals surface area contributed by atoms with E-state index in [4.69, 9.17) is 4.74 Å². The van der Waals surface area contributed by atoms with Gasteiger partial charge in [-0.3, -0.25) is 4.79 Å². The molecule has 4 nitrogen and oxygen atoms in total. The first kappa shape index (κ1) is 19.8. The van der Waals surface area contributed by atoms with Crippen molar-refractivity contribution in [1.29, 1.82) is 0 Å². The monoisotopic (exact) mass is 392 g/mol. The molecule has 2 aromatic rings. The van der Waals surface area contributed by atoms with Crippen molar-refractivity contribution in [2.24, 2.45) is 0 Å². The maximum Gasteiger partial charge on any atom is 0.263 e. The molecule has 4 rings (SSSR count). The number of nitrogens with zero attached hydrogens (tertiary/aromatic N) is 2. The zero-order chi connectivity index (χ0) is 20.4. The van der Waals surface area contributed by atoms with Crippen LogP contribution in [0.25, 0.3) is 0 Å². The fraction of sp³-hybridized carbons (Fsp3) is 0.480. The summed E-state index contributed by atoms with van der Waals surface area (Å²) in [5, 5.41) is 0. The maximum absolute atomic E-state index is 12.9. The Kier molecular flexibility index (Phi) is 5.79. The highest BCUT2D eigenvalue weighted by Gasteiger charge is 2.27. The number of ether oxygens (including phenoxy) is 1. The van der Waals surface area contributed by atoms with Gasteiger partial charge >= 0.3 is 0 Å². The lowest BCUT2D eigenvalue weighted by molar-refractivity contribution is -0.138. The van der Waals surface area contributed by atoms with Crippen molar-refractivity contribution in [3.8, 4) is 5.75 Å². The smallest absolute Gasteiger partial charge is 0.263 e. The summed E-state index contributed by atoms with van der Waals surface area (Å²) in [6, 6.07) is 12.8. The van der Waals surface area contributed by atoms with Gasteiger partial charge in [0, 0.05) is 31.9 Å². The fourth-order valence-electron chi connectivity index (χ4n) is 4.54. The average Bonchev–Trinajstić information content (AvgIpc) is 2.75. The lowest BCUT2D eigenvalue weighted by atomic mass is 9.92. The zero-order valence-electron chi connectivity index (χ0n) is 17.9. The minimum Gasteiger partial charge on any atom is -0.481 e. The molecule has 1 fully saturated rings. The van der Waals surface area contributed by atoms with Crippen LogP contribution in [-0.4, -0.2) is 43.1 Å². The van der Waals surface area contributed by atoms with Crippen LogP contribution in [0.1, 0.15) is 42.0 Å².